The third kappa shape index (κ3) is 36.7. The summed E-state index contributed by atoms with van der Waals surface area (Å²) in [6.07, 6.45) is 48.8. The minimum Gasteiger partial charge on any atom is -0.462 e. The van der Waals surface area contributed by atoms with Gasteiger partial charge in [0.15, 0.2) is 6.10 Å². The molecule has 0 aromatic rings. The van der Waals surface area contributed by atoms with Crippen molar-refractivity contribution in [3.8, 4) is 0 Å². The summed E-state index contributed by atoms with van der Waals surface area (Å²) in [6, 6.07) is 0. The van der Waals surface area contributed by atoms with Crippen molar-refractivity contribution in [2.24, 2.45) is 0 Å². The maximum absolute atomic E-state index is 12.2. The number of aliphatic hydroxyl groups is 1. The molecule has 1 N–H and O–H groups in total. The van der Waals surface area contributed by atoms with Crippen molar-refractivity contribution in [3.63, 3.8) is 0 Å². The summed E-state index contributed by atoms with van der Waals surface area (Å²) in [7, 11) is 0. The Morgan fingerprint density at radius 1 is 0.479 bits per heavy atom. The molecule has 0 saturated carbocycles. The van der Waals surface area contributed by atoms with E-state index in [1.165, 1.54) is 103 Å². The zero-order chi connectivity index (χ0) is 35.0. The first-order valence-corrected chi connectivity index (χ1v) is 20.2. The Kier molecular flexibility index (Phi) is 37.5. The molecule has 0 aromatic heterocycles. The smallest absolute Gasteiger partial charge is 0.306 e. The van der Waals surface area contributed by atoms with Crippen LogP contribution >= 0.6 is 0 Å². The lowest BCUT2D eigenvalue weighted by Gasteiger charge is -2.15. The minimum atomic E-state index is -0.781. The Balaban J connectivity index is 3.60. The fourth-order valence-electron chi connectivity index (χ4n) is 5.50. The quantitative estimate of drug-likeness (QED) is 0.0407. The third-order valence-corrected chi connectivity index (χ3v) is 8.60. The highest BCUT2D eigenvalue weighted by atomic mass is 16.6. The number of allylic oxidation sites excluding steroid dienone is 8. The molecule has 0 aliphatic carbocycles. The fraction of sp³-hybridized carbons (Fsp3) is 0.767. The molecule has 1 atom stereocenters. The van der Waals surface area contributed by atoms with Crippen LogP contribution in [0.1, 0.15) is 194 Å². The van der Waals surface area contributed by atoms with E-state index in [0.717, 1.165) is 64.2 Å². The van der Waals surface area contributed by atoms with Crippen LogP contribution in [0.25, 0.3) is 0 Å². The van der Waals surface area contributed by atoms with Crippen molar-refractivity contribution < 1.29 is 24.2 Å². The van der Waals surface area contributed by atoms with Crippen LogP contribution in [0.15, 0.2) is 48.6 Å². The number of esters is 2. The summed E-state index contributed by atoms with van der Waals surface area (Å²) in [5, 5.41) is 9.55. The van der Waals surface area contributed by atoms with Crippen LogP contribution in [-0.4, -0.2) is 36.4 Å². The first kappa shape index (κ1) is 45.9. The van der Waals surface area contributed by atoms with Gasteiger partial charge in [0, 0.05) is 12.8 Å². The molecule has 278 valence electrons. The van der Waals surface area contributed by atoms with Crippen LogP contribution in [0.4, 0.5) is 0 Å². The van der Waals surface area contributed by atoms with E-state index < -0.39 is 6.10 Å². The van der Waals surface area contributed by atoms with Crippen LogP contribution < -0.4 is 0 Å². The van der Waals surface area contributed by atoms with E-state index in [0.29, 0.717) is 12.8 Å². The molecule has 0 radical (unpaired) electrons. The van der Waals surface area contributed by atoms with Gasteiger partial charge in [-0.1, -0.05) is 152 Å². The van der Waals surface area contributed by atoms with Gasteiger partial charge in [-0.2, -0.15) is 0 Å². The summed E-state index contributed by atoms with van der Waals surface area (Å²) >= 11 is 0. The lowest BCUT2D eigenvalue weighted by atomic mass is 10.1. The minimum absolute atomic E-state index is 0.0762. The average Bonchev–Trinajstić information content (AvgIpc) is 3.09. The van der Waals surface area contributed by atoms with Crippen LogP contribution in [0.3, 0.4) is 0 Å². The van der Waals surface area contributed by atoms with Gasteiger partial charge in [-0.15, -0.1) is 0 Å². The molecule has 0 heterocycles. The molecular weight excluding hydrogens is 596 g/mol. The van der Waals surface area contributed by atoms with Gasteiger partial charge in [0.05, 0.1) is 6.61 Å². The van der Waals surface area contributed by atoms with Crippen molar-refractivity contribution in [2.75, 3.05) is 13.2 Å². The number of rotatable bonds is 36. The Morgan fingerprint density at radius 3 is 1.29 bits per heavy atom. The van der Waals surface area contributed by atoms with Crippen molar-refractivity contribution in [1.82, 2.24) is 0 Å². The molecule has 0 amide bonds. The van der Waals surface area contributed by atoms with Gasteiger partial charge in [0.1, 0.15) is 6.61 Å². The largest absolute Gasteiger partial charge is 0.462 e. The van der Waals surface area contributed by atoms with Crippen LogP contribution in [0, 0.1) is 0 Å². The zero-order valence-electron chi connectivity index (χ0n) is 31.5. The Hall–Kier alpha value is -2.14. The first-order chi connectivity index (χ1) is 23.6. The van der Waals surface area contributed by atoms with E-state index in [4.69, 9.17) is 9.47 Å². The van der Waals surface area contributed by atoms with E-state index in [9.17, 15) is 14.7 Å². The molecule has 0 aromatic carbocycles. The van der Waals surface area contributed by atoms with Crippen LogP contribution in [0.5, 0.6) is 0 Å². The van der Waals surface area contributed by atoms with Crippen molar-refractivity contribution in [1.29, 1.82) is 0 Å². The number of hydrogen-bond donors (Lipinski definition) is 1. The Morgan fingerprint density at radius 2 is 0.833 bits per heavy atom. The number of carbonyl (C=O) groups excluding carboxylic acids is 2. The van der Waals surface area contributed by atoms with Gasteiger partial charge in [0.2, 0.25) is 0 Å². The van der Waals surface area contributed by atoms with Gasteiger partial charge in [0.25, 0.3) is 0 Å². The molecule has 0 fully saturated rings. The van der Waals surface area contributed by atoms with E-state index in [-0.39, 0.29) is 25.2 Å². The summed E-state index contributed by atoms with van der Waals surface area (Å²) in [6.45, 7) is 4.09. The van der Waals surface area contributed by atoms with E-state index >= 15 is 0 Å². The summed E-state index contributed by atoms with van der Waals surface area (Å²) < 4.78 is 10.6. The summed E-state index contributed by atoms with van der Waals surface area (Å²) in [5.41, 5.74) is 0. The van der Waals surface area contributed by atoms with Crippen molar-refractivity contribution in [3.05, 3.63) is 48.6 Å². The first-order valence-electron chi connectivity index (χ1n) is 20.2. The van der Waals surface area contributed by atoms with E-state index in [1.54, 1.807) is 0 Å². The molecule has 0 aliphatic heterocycles. The predicted molar refractivity (Wildman–Crippen MR) is 205 cm³/mol. The highest BCUT2D eigenvalue weighted by Gasteiger charge is 2.16. The summed E-state index contributed by atoms with van der Waals surface area (Å²) in [4.78, 5) is 24.2. The van der Waals surface area contributed by atoms with Crippen LogP contribution in [-0.2, 0) is 19.1 Å². The van der Waals surface area contributed by atoms with Gasteiger partial charge in [-0.05, 0) is 77.0 Å². The normalized spacial score (nSPS) is 12.6. The van der Waals surface area contributed by atoms with Gasteiger partial charge >= 0.3 is 11.9 Å². The predicted octanol–water partition coefficient (Wildman–Crippen LogP) is 12.6. The van der Waals surface area contributed by atoms with E-state index in [2.05, 4.69) is 62.5 Å². The maximum Gasteiger partial charge on any atom is 0.306 e. The topological polar surface area (TPSA) is 72.8 Å². The molecule has 48 heavy (non-hydrogen) atoms. The van der Waals surface area contributed by atoms with Crippen molar-refractivity contribution in [2.45, 2.75) is 200 Å². The lowest BCUT2D eigenvalue weighted by Crippen LogP contribution is -2.28. The molecule has 5 heteroatoms. The molecular formula is C43H76O5. The zero-order valence-corrected chi connectivity index (χ0v) is 31.5. The highest BCUT2D eigenvalue weighted by molar-refractivity contribution is 5.70. The molecule has 0 bridgehead atoms. The summed E-state index contributed by atoms with van der Waals surface area (Å²) in [5.74, 6) is -0.616. The Bertz CT molecular complexity index is 812. The maximum atomic E-state index is 12.2. The highest BCUT2D eigenvalue weighted by Crippen LogP contribution is 2.12. The molecule has 0 saturated heterocycles. The Labute approximate surface area is 297 Å². The molecule has 1 unspecified atom stereocenters. The second-order valence-electron chi connectivity index (χ2n) is 13.4. The molecule has 0 rings (SSSR count). The standard InChI is InChI=1S/C43H76O5/c1-3-5-7-9-11-13-15-17-18-19-20-21-22-23-24-26-28-30-32-34-36-38-43(46)48-41(39-44)40-47-42(45)37-35-33-31-29-27-25-16-14-12-10-8-6-4-2/h14-17,19-20,22-23,41,44H,3-13,18,21,24-40H2,1-2H3/b16-14-,17-15-,20-19-,23-22-. The number of unbranched alkanes of at least 4 members (excludes halogenated alkanes) is 20. The molecule has 5 nitrogen and oxygen atoms in total. The molecule has 0 aliphatic rings. The number of hydrogen-bond acceptors (Lipinski definition) is 5. The van der Waals surface area contributed by atoms with Gasteiger partial charge in [-0.3, -0.25) is 9.59 Å². The number of ether oxygens (including phenoxy) is 2. The monoisotopic (exact) mass is 673 g/mol. The average molecular weight is 673 g/mol. The number of aliphatic hydroxyl groups excluding tert-OH is 1. The second-order valence-corrected chi connectivity index (χ2v) is 13.4. The molecule has 0 spiro atoms. The SMILES string of the molecule is CCCCCC/C=C\CCCCCCCC(=O)OCC(CO)OC(=O)CCCCCCCC/C=C\C/C=C\C/C=C\CCCCCCC. The van der Waals surface area contributed by atoms with Crippen molar-refractivity contribution >= 4 is 11.9 Å². The van der Waals surface area contributed by atoms with Gasteiger partial charge in [-0.25, -0.2) is 0 Å². The fourth-order valence-corrected chi connectivity index (χ4v) is 5.50. The van der Waals surface area contributed by atoms with Gasteiger partial charge < -0.3 is 14.6 Å². The lowest BCUT2D eigenvalue weighted by molar-refractivity contribution is -0.161. The second kappa shape index (κ2) is 39.3. The van der Waals surface area contributed by atoms with E-state index in [1.807, 2.05) is 0 Å². The van der Waals surface area contributed by atoms with Crippen LogP contribution in [0.2, 0.25) is 0 Å². The third-order valence-electron chi connectivity index (χ3n) is 8.60. The number of carbonyl (C=O) groups is 2.